The lowest BCUT2D eigenvalue weighted by atomic mass is 10.1. The maximum absolute atomic E-state index is 12.6. The van der Waals surface area contributed by atoms with Crippen molar-refractivity contribution in [2.24, 2.45) is 4.99 Å². The molecule has 180 valence electrons. The van der Waals surface area contributed by atoms with Gasteiger partial charge in [0.25, 0.3) is 5.69 Å². The number of aromatic nitrogens is 1. The topological polar surface area (TPSA) is 132 Å². The van der Waals surface area contributed by atoms with Crippen LogP contribution in [0.25, 0.3) is 11.6 Å². The summed E-state index contributed by atoms with van der Waals surface area (Å²) in [6.07, 6.45) is 11.9. The maximum Gasteiger partial charge on any atom is 0.329 e. The van der Waals surface area contributed by atoms with Crippen molar-refractivity contribution in [1.29, 1.82) is 0 Å². The predicted molar refractivity (Wildman–Crippen MR) is 138 cm³/mol. The van der Waals surface area contributed by atoms with Crippen molar-refractivity contribution in [3.63, 3.8) is 0 Å². The number of non-ortho nitro benzene ring substituents is 1. The van der Waals surface area contributed by atoms with Gasteiger partial charge in [-0.1, -0.05) is 18.2 Å². The molecule has 2 aliphatic rings. The Kier molecular flexibility index (Phi) is 7.73. The molecule has 35 heavy (non-hydrogen) atoms. The Bertz CT molecular complexity index is 1340. The van der Waals surface area contributed by atoms with Crippen LogP contribution in [0.5, 0.6) is 0 Å². The first kappa shape index (κ1) is 24.8. The summed E-state index contributed by atoms with van der Waals surface area (Å²) in [7, 11) is 0. The average molecular weight is 530 g/mol. The largest absolute Gasteiger partial charge is 0.480 e. The molecule has 4 rings (SSSR count). The first-order valence-electron chi connectivity index (χ1n) is 10.4. The van der Waals surface area contributed by atoms with E-state index in [1.165, 1.54) is 47.4 Å². The van der Waals surface area contributed by atoms with E-state index in [2.05, 4.69) is 9.98 Å². The van der Waals surface area contributed by atoms with Crippen molar-refractivity contribution in [3.8, 4) is 0 Å². The van der Waals surface area contributed by atoms with Crippen LogP contribution in [-0.2, 0) is 20.1 Å². The van der Waals surface area contributed by atoms with Gasteiger partial charge in [-0.25, -0.2) is 14.0 Å². The van der Waals surface area contributed by atoms with Gasteiger partial charge < -0.3 is 9.29 Å². The van der Waals surface area contributed by atoms with E-state index in [1.54, 1.807) is 19.1 Å². The summed E-state index contributed by atoms with van der Waals surface area (Å²) in [4.78, 5) is 31.7. The minimum absolute atomic E-state index is 0.0917. The fourth-order valence-corrected chi connectivity index (χ4v) is 6.08. The molecule has 9 nitrogen and oxygen atoms in total. The number of aliphatic imine (C=N–C) groups is 1. The standard InChI is InChI=1S/C23H19N3O6S3/c1-2-16(32-35(31)17-11-8-15(9-12-17)26(29)30)10-7-14-5-3-4-6-18-20(14)34-22(24-18)21-25-19(13-33-21)23(27)28/h2,4-12,19H,3,13H2,1H3,(H,27,28)/b10-7-,16-2+. The first-order valence-corrected chi connectivity index (χ1v) is 13.2. The molecule has 12 heteroatoms. The Morgan fingerprint density at radius 2 is 2.11 bits per heavy atom. The zero-order valence-electron chi connectivity index (χ0n) is 18.3. The highest BCUT2D eigenvalue weighted by Gasteiger charge is 2.28. The molecule has 1 aliphatic heterocycles. The Labute approximate surface area is 211 Å². The van der Waals surface area contributed by atoms with E-state index in [0.717, 1.165) is 16.1 Å². The summed E-state index contributed by atoms with van der Waals surface area (Å²) in [5.74, 6) is -0.188. The molecule has 0 spiro atoms. The summed E-state index contributed by atoms with van der Waals surface area (Å²) in [5, 5.41) is 21.3. The summed E-state index contributed by atoms with van der Waals surface area (Å²) in [6.45, 7) is 1.75. The van der Waals surface area contributed by atoms with Crippen molar-refractivity contribution in [2.75, 3.05) is 5.75 Å². The predicted octanol–water partition coefficient (Wildman–Crippen LogP) is 5.00. The molecule has 0 saturated carbocycles. The summed E-state index contributed by atoms with van der Waals surface area (Å²) >= 11 is 0.981. The molecule has 1 N–H and O–H groups in total. The Hall–Kier alpha value is -3.35. The Balaban J connectivity index is 1.51. The fourth-order valence-electron chi connectivity index (χ4n) is 3.13. The van der Waals surface area contributed by atoms with Crippen molar-refractivity contribution >= 4 is 62.5 Å². The number of hydrogen-bond acceptors (Lipinski definition) is 9. The van der Waals surface area contributed by atoms with Gasteiger partial charge in [-0.3, -0.25) is 15.1 Å². The van der Waals surface area contributed by atoms with E-state index in [-0.39, 0.29) is 5.69 Å². The van der Waals surface area contributed by atoms with Crippen LogP contribution in [-0.4, -0.2) is 42.0 Å². The third-order valence-electron chi connectivity index (χ3n) is 4.91. The molecular weight excluding hydrogens is 510 g/mol. The van der Waals surface area contributed by atoms with Gasteiger partial charge in [0.15, 0.2) is 6.04 Å². The highest BCUT2D eigenvalue weighted by molar-refractivity contribution is 8.15. The quantitative estimate of drug-likeness (QED) is 0.219. The number of allylic oxidation sites excluding steroid dienone is 6. The van der Waals surface area contributed by atoms with Gasteiger partial charge in [0.2, 0.25) is 11.1 Å². The van der Waals surface area contributed by atoms with Gasteiger partial charge in [-0.05, 0) is 49.3 Å². The zero-order valence-corrected chi connectivity index (χ0v) is 20.8. The number of carboxylic acid groups (broad SMARTS) is 1. The molecule has 0 amide bonds. The van der Waals surface area contributed by atoms with E-state index < -0.39 is 28.0 Å². The van der Waals surface area contributed by atoms with Gasteiger partial charge in [0.05, 0.1) is 20.4 Å². The zero-order chi connectivity index (χ0) is 24.9. The van der Waals surface area contributed by atoms with E-state index in [9.17, 15) is 24.2 Å². The highest BCUT2D eigenvalue weighted by atomic mass is 32.2. The van der Waals surface area contributed by atoms with Crippen molar-refractivity contribution in [2.45, 2.75) is 24.3 Å². The highest BCUT2D eigenvalue weighted by Crippen LogP contribution is 2.35. The summed E-state index contributed by atoms with van der Waals surface area (Å²) in [6, 6.07) is 4.60. The first-order chi connectivity index (χ1) is 16.9. The van der Waals surface area contributed by atoms with Crippen LogP contribution in [0.1, 0.15) is 28.9 Å². The van der Waals surface area contributed by atoms with E-state index in [0.29, 0.717) is 32.9 Å². The van der Waals surface area contributed by atoms with Crippen LogP contribution in [0.15, 0.2) is 70.3 Å². The second-order valence-electron chi connectivity index (χ2n) is 7.22. The van der Waals surface area contributed by atoms with Gasteiger partial charge in [-0.2, -0.15) is 0 Å². The van der Waals surface area contributed by atoms with Crippen molar-refractivity contribution in [3.05, 3.63) is 86.1 Å². The molecule has 1 aromatic heterocycles. The van der Waals surface area contributed by atoms with Gasteiger partial charge >= 0.3 is 5.97 Å². The molecule has 1 aliphatic carbocycles. The maximum atomic E-state index is 12.6. The lowest BCUT2D eigenvalue weighted by Crippen LogP contribution is -2.17. The van der Waals surface area contributed by atoms with Crippen LogP contribution in [0.3, 0.4) is 0 Å². The normalized spacial score (nSPS) is 18.5. The molecule has 0 saturated heterocycles. The van der Waals surface area contributed by atoms with Crippen LogP contribution in [0, 0.1) is 10.1 Å². The minimum atomic E-state index is -1.85. The van der Waals surface area contributed by atoms with E-state index in [1.807, 2.05) is 24.3 Å². The van der Waals surface area contributed by atoms with Gasteiger partial charge in [0, 0.05) is 17.9 Å². The molecule has 0 bridgehead atoms. The van der Waals surface area contributed by atoms with Crippen molar-refractivity contribution in [1.82, 2.24) is 4.98 Å². The molecule has 1 aromatic carbocycles. The number of nitro benzene ring substituents is 1. The number of thioether (sulfide) groups is 1. The minimum Gasteiger partial charge on any atom is -0.480 e. The number of hydrogen-bond donors (Lipinski definition) is 1. The lowest BCUT2D eigenvalue weighted by molar-refractivity contribution is -0.384. The molecule has 0 radical (unpaired) electrons. The average Bonchev–Trinajstić information content (AvgIpc) is 3.46. The number of rotatable bonds is 8. The second-order valence-corrected chi connectivity index (χ2v) is 10.3. The molecule has 2 atom stereocenters. The number of thiazole rings is 1. The molecule has 2 unspecified atom stereocenters. The third-order valence-corrected chi connectivity index (χ3v) is 8.22. The van der Waals surface area contributed by atoms with Crippen LogP contribution < -0.4 is 0 Å². The molecular formula is C23H19N3O6S3. The van der Waals surface area contributed by atoms with E-state index in [4.69, 9.17) is 4.18 Å². The van der Waals surface area contributed by atoms with Gasteiger partial charge in [0.1, 0.15) is 15.8 Å². The van der Waals surface area contributed by atoms with Crippen molar-refractivity contribution < 1.29 is 23.2 Å². The van der Waals surface area contributed by atoms with Crippen LogP contribution in [0.2, 0.25) is 0 Å². The lowest BCUT2D eigenvalue weighted by Gasteiger charge is -2.06. The number of carboxylic acids is 1. The second kappa shape index (κ2) is 10.9. The summed E-state index contributed by atoms with van der Waals surface area (Å²) < 4.78 is 18.1. The number of nitrogens with zero attached hydrogens (tertiary/aromatic N) is 3. The number of fused-ring (bicyclic) bond motifs is 1. The van der Waals surface area contributed by atoms with Crippen LogP contribution >= 0.6 is 23.1 Å². The third kappa shape index (κ3) is 5.84. The van der Waals surface area contributed by atoms with E-state index >= 15 is 0 Å². The molecule has 2 heterocycles. The molecule has 0 fully saturated rings. The summed E-state index contributed by atoms with van der Waals surface area (Å²) in [5.41, 5.74) is 1.58. The number of aliphatic carboxylic acids is 1. The molecule has 2 aromatic rings. The smallest absolute Gasteiger partial charge is 0.329 e. The Morgan fingerprint density at radius 1 is 1.34 bits per heavy atom. The van der Waals surface area contributed by atoms with Gasteiger partial charge in [-0.15, -0.1) is 23.1 Å². The number of benzene rings is 1. The number of carbonyl (C=O) groups is 1. The SMILES string of the molecule is C/C=C(\C=C/C1=CCC=Cc2nc(C3=NC(C(=O)O)CS3)sc21)OS(=O)c1ccc([N+](=O)[O-])cc1. The monoisotopic (exact) mass is 529 g/mol. The number of nitro groups is 1. The van der Waals surface area contributed by atoms with Crippen LogP contribution in [0.4, 0.5) is 5.69 Å². The Morgan fingerprint density at radius 3 is 2.77 bits per heavy atom. The fraction of sp³-hybridized carbons (Fsp3) is 0.174.